The van der Waals surface area contributed by atoms with E-state index in [1.807, 2.05) is 0 Å². The van der Waals surface area contributed by atoms with Crippen LogP contribution in [-0.2, 0) is 16.0 Å². The molecule has 0 bridgehead atoms. The van der Waals surface area contributed by atoms with Gasteiger partial charge in [0.1, 0.15) is 12.4 Å². The summed E-state index contributed by atoms with van der Waals surface area (Å²) in [5.41, 5.74) is 0.293. The molecule has 0 spiro atoms. The molecule has 0 aliphatic carbocycles. The van der Waals surface area contributed by atoms with Gasteiger partial charge in [0.15, 0.2) is 0 Å². The molecule has 0 heterocycles. The first-order chi connectivity index (χ1) is 9.54. The van der Waals surface area contributed by atoms with Crippen LogP contribution in [0, 0.1) is 11.7 Å². The number of benzene rings is 1. The van der Waals surface area contributed by atoms with Crippen molar-refractivity contribution < 1.29 is 23.8 Å². The number of carboxylic acid groups (broad SMARTS) is 1. The molecular weight excluding hydrogens is 265 g/mol. The SMILES string of the molecule is C=CCOC(=O)NCC(Cc1ccccc1F)C(=O)O. The Labute approximate surface area is 116 Å². The summed E-state index contributed by atoms with van der Waals surface area (Å²) in [6.07, 6.45) is 0.654. The predicted octanol–water partition coefficient (Wildman–Crippen LogP) is 1.98. The zero-order valence-corrected chi connectivity index (χ0v) is 10.8. The lowest BCUT2D eigenvalue weighted by Gasteiger charge is -2.13. The van der Waals surface area contributed by atoms with Crippen molar-refractivity contribution in [2.24, 2.45) is 5.92 Å². The minimum absolute atomic E-state index is 0.0102. The largest absolute Gasteiger partial charge is 0.481 e. The van der Waals surface area contributed by atoms with E-state index in [4.69, 9.17) is 5.11 Å². The normalized spacial score (nSPS) is 11.4. The molecule has 0 radical (unpaired) electrons. The molecule has 0 aliphatic heterocycles. The van der Waals surface area contributed by atoms with Crippen molar-refractivity contribution in [3.8, 4) is 0 Å². The van der Waals surface area contributed by atoms with E-state index in [1.54, 1.807) is 6.07 Å². The maximum absolute atomic E-state index is 13.5. The van der Waals surface area contributed by atoms with Crippen molar-refractivity contribution in [3.05, 3.63) is 48.3 Å². The van der Waals surface area contributed by atoms with Crippen LogP contribution in [0.3, 0.4) is 0 Å². The van der Waals surface area contributed by atoms with E-state index >= 15 is 0 Å². The minimum atomic E-state index is -1.11. The average molecular weight is 281 g/mol. The Bertz CT molecular complexity index is 490. The average Bonchev–Trinajstić information content (AvgIpc) is 2.42. The maximum atomic E-state index is 13.5. The van der Waals surface area contributed by atoms with Crippen LogP contribution in [0.15, 0.2) is 36.9 Å². The van der Waals surface area contributed by atoms with Gasteiger partial charge in [0.2, 0.25) is 0 Å². The molecule has 0 fully saturated rings. The van der Waals surface area contributed by atoms with Crippen molar-refractivity contribution in [1.82, 2.24) is 5.32 Å². The summed E-state index contributed by atoms with van der Waals surface area (Å²) in [5.74, 6) is -2.51. The molecule has 1 aromatic carbocycles. The third-order valence-corrected chi connectivity index (χ3v) is 2.60. The molecular formula is C14H16FNO4. The van der Waals surface area contributed by atoms with Gasteiger partial charge in [-0.3, -0.25) is 4.79 Å². The second-order valence-corrected chi connectivity index (χ2v) is 4.10. The Morgan fingerprint density at radius 1 is 1.45 bits per heavy atom. The summed E-state index contributed by atoms with van der Waals surface area (Å²) in [6.45, 7) is 3.28. The summed E-state index contributed by atoms with van der Waals surface area (Å²) in [5, 5.41) is 11.4. The van der Waals surface area contributed by atoms with Gasteiger partial charge >= 0.3 is 12.1 Å². The molecule has 1 aromatic rings. The van der Waals surface area contributed by atoms with Crippen molar-refractivity contribution in [3.63, 3.8) is 0 Å². The van der Waals surface area contributed by atoms with Crippen LogP contribution in [0.4, 0.5) is 9.18 Å². The molecule has 6 heteroatoms. The number of amides is 1. The number of ether oxygens (including phenoxy) is 1. The Kier molecular flexibility index (Phi) is 6.22. The van der Waals surface area contributed by atoms with Gasteiger partial charge in [0, 0.05) is 6.54 Å². The van der Waals surface area contributed by atoms with Crippen LogP contribution < -0.4 is 5.32 Å². The number of aliphatic carboxylic acids is 1. The fraction of sp³-hybridized carbons (Fsp3) is 0.286. The number of hydrogen-bond acceptors (Lipinski definition) is 3. The molecule has 1 rings (SSSR count). The molecule has 0 saturated heterocycles. The van der Waals surface area contributed by atoms with E-state index in [9.17, 15) is 14.0 Å². The van der Waals surface area contributed by atoms with Gasteiger partial charge in [0.25, 0.3) is 0 Å². The monoisotopic (exact) mass is 281 g/mol. The van der Waals surface area contributed by atoms with Gasteiger partial charge in [-0.15, -0.1) is 0 Å². The Morgan fingerprint density at radius 2 is 2.15 bits per heavy atom. The minimum Gasteiger partial charge on any atom is -0.481 e. The number of nitrogens with one attached hydrogen (secondary N) is 1. The van der Waals surface area contributed by atoms with E-state index in [0.29, 0.717) is 5.56 Å². The van der Waals surface area contributed by atoms with Crippen molar-refractivity contribution >= 4 is 12.1 Å². The van der Waals surface area contributed by atoms with Crippen LogP contribution in [0.1, 0.15) is 5.56 Å². The second-order valence-electron chi connectivity index (χ2n) is 4.10. The predicted molar refractivity (Wildman–Crippen MR) is 70.8 cm³/mol. The number of halogens is 1. The molecule has 20 heavy (non-hydrogen) atoms. The Morgan fingerprint density at radius 3 is 2.75 bits per heavy atom. The second kappa shape index (κ2) is 7.93. The number of carbonyl (C=O) groups excluding carboxylic acids is 1. The molecule has 108 valence electrons. The van der Waals surface area contributed by atoms with Crippen LogP contribution in [0.25, 0.3) is 0 Å². The topological polar surface area (TPSA) is 75.6 Å². The first kappa shape index (κ1) is 15.7. The number of carboxylic acids is 1. The molecule has 1 atom stereocenters. The Hall–Kier alpha value is -2.37. The van der Waals surface area contributed by atoms with Gasteiger partial charge in [-0.05, 0) is 18.1 Å². The molecule has 0 aliphatic rings. The molecule has 2 N–H and O–H groups in total. The fourth-order valence-corrected chi connectivity index (χ4v) is 1.57. The lowest BCUT2D eigenvalue weighted by molar-refractivity contribution is -0.141. The quantitative estimate of drug-likeness (QED) is 0.749. The summed E-state index contributed by atoms with van der Waals surface area (Å²) < 4.78 is 18.1. The van der Waals surface area contributed by atoms with Crippen LogP contribution in [0.5, 0.6) is 0 Å². The maximum Gasteiger partial charge on any atom is 0.407 e. The standard InChI is InChI=1S/C14H16FNO4/c1-2-7-20-14(19)16-9-11(13(17)18)8-10-5-3-4-6-12(10)15/h2-6,11H,1,7-9H2,(H,16,19)(H,17,18). The highest BCUT2D eigenvalue weighted by molar-refractivity contribution is 5.72. The van der Waals surface area contributed by atoms with Gasteiger partial charge in [-0.2, -0.15) is 0 Å². The highest BCUT2D eigenvalue weighted by atomic mass is 19.1. The van der Waals surface area contributed by atoms with Crippen LogP contribution in [-0.4, -0.2) is 30.3 Å². The lowest BCUT2D eigenvalue weighted by Crippen LogP contribution is -2.34. The van der Waals surface area contributed by atoms with E-state index in [1.165, 1.54) is 24.3 Å². The summed E-state index contributed by atoms with van der Waals surface area (Å²) in [4.78, 5) is 22.3. The van der Waals surface area contributed by atoms with E-state index in [-0.39, 0.29) is 19.6 Å². The van der Waals surface area contributed by atoms with Gasteiger partial charge in [0.05, 0.1) is 5.92 Å². The highest BCUT2D eigenvalue weighted by Gasteiger charge is 2.20. The summed E-state index contributed by atoms with van der Waals surface area (Å²) >= 11 is 0. The van der Waals surface area contributed by atoms with E-state index in [0.717, 1.165) is 0 Å². The fourth-order valence-electron chi connectivity index (χ4n) is 1.57. The number of carbonyl (C=O) groups is 2. The molecule has 1 unspecified atom stereocenters. The summed E-state index contributed by atoms with van der Waals surface area (Å²) in [7, 11) is 0. The highest BCUT2D eigenvalue weighted by Crippen LogP contribution is 2.12. The molecule has 0 saturated carbocycles. The smallest absolute Gasteiger partial charge is 0.407 e. The van der Waals surface area contributed by atoms with Crippen LogP contribution >= 0.6 is 0 Å². The van der Waals surface area contributed by atoms with Crippen molar-refractivity contribution in [2.45, 2.75) is 6.42 Å². The number of rotatable bonds is 7. The first-order valence-electron chi connectivity index (χ1n) is 6.02. The van der Waals surface area contributed by atoms with Gasteiger partial charge < -0.3 is 15.2 Å². The van der Waals surface area contributed by atoms with Crippen molar-refractivity contribution in [1.29, 1.82) is 0 Å². The molecule has 0 aromatic heterocycles. The van der Waals surface area contributed by atoms with Crippen molar-refractivity contribution in [2.75, 3.05) is 13.2 Å². The number of alkyl carbamates (subject to hydrolysis) is 1. The van der Waals surface area contributed by atoms with E-state index in [2.05, 4.69) is 16.6 Å². The zero-order valence-electron chi connectivity index (χ0n) is 10.8. The zero-order chi connectivity index (χ0) is 15.0. The van der Waals surface area contributed by atoms with Gasteiger partial charge in [-0.25, -0.2) is 9.18 Å². The molecule has 1 amide bonds. The van der Waals surface area contributed by atoms with E-state index < -0.39 is 23.8 Å². The van der Waals surface area contributed by atoms with Gasteiger partial charge in [-0.1, -0.05) is 30.9 Å². The first-order valence-corrected chi connectivity index (χ1v) is 6.02. The summed E-state index contributed by atoms with van der Waals surface area (Å²) in [6, 6.07) is 5.93. The lowest BCUT2D eigenvalue weighted by atomic mass is 9.99. The third kappa shape index (κ3) is 5.09. The number of hydrogen-bond donors (Lipinski definition) is 2. The molecule has 5 nitrogen and oxygen atoms in total. The Balaban J connectivity index is 2.57. The third-order valence-electron chi connectivity index (χ3n) is 2.60. The van der Waals surface area contributed by atoms with Crippen LogP contribution in [0.2, 0.25) is 0 Å².